The van der Waals surface area contributed by atoms with Crippen LogP contribution in [0.5, 0.6) is 11.5 Å². The summed E-state index contributed by atoms with van der Waals surface area (Å²) in [6.45, 7) is 3.02. The van der Waals surface area contributed by atoms with E-state index in [0.717, 1.165) is 61.9 Å². The van der Waals surface area contributed by atoms with Crippen molar-refractivity contribution in [3.05, 3.63) is 42.0 Å². The predicted molar refractivity (Wildman–Crippen MR) is 104 cm³/mol. The molecule has 6 nitrogen and oxygen atoms in total. The number of imidazole rings is 1. The van der Waals surface area contributed by atoms with Gasteiger partial charge in [-0.05, 0) is 55.7 Å². The fourth-order valence-electron chi connectivity index (χ4n) is 4.33. The van der Waals surface area contributed by atoms with Gasteiger partial charge in [0.2, 0.25) is 12.7 Å². The summed E-state index contributed by atoms with van der Waals surface area (Å²) in [4.78, 5) is 19.5. The summed E-state index contributed by atoms with van der Waals surface area (Å²) in [6.07, 6.45) is 10.1. The smallest absolute Gasteiger partial charge is 0.231 e. The van der Waals surface area contributed by atoms with E-state index in [4.69, 9.17) is 9.47 Å². The van der Waals surface area contributed by atoms with Crippen LogP contribution in [0.3, 0.4) is 0 Å². The molecule has 0 spiro atoms. The van der Waals surface area contributed by atoms with E-state index in [1.54, 1.807) is 0 Å². The van der Waals surface area contributed by atoms with Crippen LogP contribution in [0.4, 0.5) is 0 Å². The standard InChI is InChI=1S/C22H27N3O3/c26-21(8-6-16-5-7-19-20(12-16)28-15-27-19)24-10-1-2-18(14-24)22-23-9-11-25(22)13-17-3-4-17/h5,7,9,11-12,17-18H,1-4,6,8,10,13-15H2. The molecule has 1 aliphatic carbocycles. The Balaban J connectivity index is 1.19. The van der Waals surface area contributed by atoms with Crippen LogP contribution in [0.2, 0.25) is 0 Å². The van der Waals surface area contributed by atoms with Crippen LogP contribution >= 0.6 is 0 Å². The van der Waals surface area contributed by atoms with Crippen molar-refractivity contribution in [3.63, 3.8) is 0 Å². The summed E-state index contributed by atoms with van der Waals surface area (Å²) < 4.78 is 13.1. The monoisotopic (exact) mass is 381 g/mol. The number of hydrogen-bond donors (Lipinski definition) is 0. The number of ether oxygens (including phenoxy) is 2. The third-order valence-electron chi connectivity index (χ3n) is 6.10. The van der Waals surface area contributed by atoms with Crippen LogP contribution in [0.1, 0.15) is 49.4 Å². The molecular weight excluding hydrogens is 354 g/mol. The maximum absolute atomic E-state index is 12.8. The molecule has 5 rings (SSSR count). The van der Waals surface area contributed by atoms with Gasteiger partial charge in [0.15, 0.2) is 11.5 Å². The molecule has 28 heavy (non-hydrogen) atoms. The Kier molecular flexibility index (Phi) is 4.71. The first kappa shape index (κ1) is 17.6. The highest BCUT2D eigenvalue weighted by Crippen LogP contribution is 2.34. The number of carbonyl (C=O) groups is 1. The van der Waals surface area contributed by atoms with Gasteiger partial charge in [-0.25, -0.2) is 4.98 Å². The topological polar surface area (TPSA) is 56.6 Å². The van der Waals surface area contributed by atoms with Crippen molar-refractivity contribution < 1.29 is 14.3 Å². The number of piperidine rings is 1. The van der Waals surface area contributed by atoms with E-state index >= 15 is 0 Å². The molecule has 0 radical (unpaired) electrons. The Bertz CT molecular complexity index is 858. The minimum Gasteiger partial charge on any atom is -0.454 e. The molecule has 1 saturated heterocycles. The Labute approximate surface area is 165 Å². The molecular formula is C22H27N3O3. The number of nitrogens with zero attached hydrogens (tertiary/aromatic N) is 3. The SMILES string of the molecule is O=C(CCc1ccc2c(c1)OCO2)N1CCCC(c2nccn2CC2CC2)C1. The quantitative estimate of drug-likeness (QED) is 0.770. The van der Waals surface area contributed by atoms with Gasteiger partial charge in [0.1, 0.15) is 5.82 Å². The lowest BCUT2D eigenvalue weighted by Gasteiger charge is -2.33. The van der Waals surface area contributed by atoms with Crippen LogP contribution in [0, 0.1) is 5.92 Å². The van der Waals surface area contributed by atoms with Gasteiger partial charge in [-0.2, -0.15) is 0 Å². The first-order valence-electron chi connectivity index (χ1n) is 10.4. The molecule has 1 atom stereocenters. The zero-order chi connectivity index (χ0) is 18.9. The number of amides is 1. The van der Waals surface area contributed by atoms with Crippen molar-refractivity contribution in [2.75, 3.05) is 19.9 Å². The molecule has 2 aromatic rings. The second-order valence-electron chi connectivity index (χ2n) is 8.25. The molecule has 1 unspecified atom stereocenters. The van der Waals surface area contributed by atoms with E-state index < -0.39 is 0 Å². The van der Waals surface area contributed by atoms with Crippen LogP contribution in [0.25, 0.3) is 0 Å². The molecule has 1 aromatic carbocycles. The van der Waals surface area contributed by atoms with E-state index in [9.17, 15) is 4.79 Å². The van der Waals surface area contributed by atoms with Crippen molar-refractivity contribution in [2.24, 2.45) is 5.92 Å². The largest absolute Gasteiger partial charge is 0.454 e. The lowest BCUT2D eigenvalue weighted by molar-refractivity contribution is -0.132. The molecule has 1 aromatic heterocycles. The van der Waals surface area contributed by atoms with Crippen LogP contribution < -0.4 is 9.47 Å². The summed E-state index contributed by atoms with van der Waals surface area (Å²) in [6, 6.07) is 5.94. The van der Waals surface area contributed by atoms with Gasteiger partial charge in [-0.15, -0.1) is 0 Å². The van der Waals surface area contributed by atoms with Gasteiger partial charge in [0.25, 0.3) is 0 Å². The van der Waals surface area contributed by atoms with Crippen molar-refractivity contribution >= 4 is 5.91 Å². The van der Waals surface area contributed by atoms with Crippen LogP contribution in [-0.4, -0.2) is 40.2 Å². The Morgan fingerprint density at radius 2 is 2.07 bits per heavy atom. The number of aromatic nitrogens is 2. The molecule has 3 aliphatic rings. The third-order valence-corrected chi connectivity index (χ3v) is 6.10. The fourth-order valence-corrected chi connectivity index (χ4v) is 4.33. The molecule has 1 amide bonds. The van der Waals surface area contributed by atoms with Gasteiger partial charge >= 0.3 is 0 Å². The summed E-state index contributed by atoms with van der Waals surface area (Å²) in [7, 11) is 0. The van der Waals surface area contributed by atoms with E-state index in [0.29, 0.717) is 12.3 Å². The van der Waals surface area contributed by atoms with E-state index in [1.807, 2.05) is 29.3 Å². The van der Waals surface area contributed by atoms with Crippen molar-refractivity contribution in [2.45, 2.75) is 51.0 Å². The number of hydrogen-bond acceptors (Lipinski definition) is 4. The average molecular weight is 381 g/mol. The van der Waals surface area contributed by atoms with Gasteiger partial charge in [-0.1, -0.05) is 6.07 Å². The van der Waals surface area contributed by atoms with E-state index in [-0.39, 0.29) is 12.7 Å². The van der Waals surface area contributed by atoms with Gasteiger partial charge in [-0.3, -0.25) is 4.79 Å². The minimum absolute atomic E-state index is 0.239. The lowest BCUT2D eigenvalue weighted by Crippen LogP contribution is -2.39. The Morgan fingerprint density at radius 1 is 1.18 bits per heavy atom. The number of carbonyl (C=O) groups excluding carboxylic acids is 1. The number of fused-ring (bicyclic) bond motifs is 1. The lowest BCUT2D eigenvalue weighted by atomic mass is 9.96. The molecule has 3 heterocycles. The third kappa shape index (κ3) is 3.73. The van der Waals surface area contributed by atoms with Crippen molar-refractivity contribution in [3.8, 4) is 11.5 Å². The summed E-state index contributed by atoms with van der Waals surface area (Å²) in [5.74, 6) is 4.16. The fraction of sp³-hybridized carbons (Fsp3) is 0.545. The molecule has 2 aliphatic heterocycles. The molecule has 0 bridgehead atoms. The second kappa shape index (κ2) is 7.49. The minimum atomic E-state index is 0.239. The zero-order valence-corrected chi connectivity index (χ0v) is 16.2. The van der Waals surface area contributed by atoms with Crippen LogP contribution in [-0.2, 0) is 17.8 Å². The zero-order valence-electron chi connectivity index (χ0n) is 16.2. The Hall–Kier alpha value is -2.50. The highest BCUT2D eigenvalue weighted by atomic mass is 16.7. The maximum Gasteiger partial charge on any atom is 0.231 e. The Morgan fingerprint density at radius 3 is 2.96 bits per heavy atom. The first-order valence-corrected chi connectivity index (χ1v) is 10.4. The van der Waals surface area contributed by atoms with Gasteiger partial charge in [0.05, 0.1) is 0 Å². The van der Waals surface area contributed by atoms with Gasteiger partial charge < -0.3 is 18.9 Å². The summed E-state index contributed by atoms with van der Waals surface area (Å²) in [5.41, 5.74) is 1.12. The van der Waals surface area contributed by atoms with Gasteiger partial charge in [0, 0.05) is 44.4 Å². The molecule has 1 saturated carbocycles. The summed E-state index contributed by atoms with van der Waals surface area (Å²) >= 11 is 0. The molecule has 0 N–H and O–H groups in total. The normalized spacial score (nSPS) is 21.1. The van der Waals surface area contributed by atoms with Crippen LogP contribution in [0.15, 0.2) is 30.6 Å². The van der Waals surface area contributed by atoms with Crippen molar-refractivity contribution in [1.29, 1.82) is 0 Å². The highest BCUT2D eigenvalue weighted by Gasteiger charge is 2.29. The molecule has 2 fully saturated rings. The average Bonchev–Trinajstić information content (AvgIpc) is 3.22. The number of likely N-dealkylation sites (tertiary alicyclic amines) is 1. The molecule has 148 valence electrons. The second-order valence-corrected chi connectivity index (χ2v) is 8.25. The number of benzene rings is 1. The predicted octanol–water partition coefficient (Wildman–Crippen LogP) is 3.36. The highest BCUT2D eigenvalue weighted by molar-refractivity contribution is 5.76. The summed E-state index contributed by atoms with van der Waals surface area (Å²) in [5, 5.41) is 0. The van der Waals surface area contributed by atoms with Crippen molar-refractivity contribution in [1.82, 2.24) is 14.5 Å². The maximum atomic E-state index is 12.8. The number of rotatable bonds is 6. The van der Waals surface area contributed by atoms with E-state index in [1.165, 1.54) is 18.7 Å². The molecule has 6 heteroatoms. The first-order chi connectivity index (χ1) is 13.8. The number of aryl methyl sites for hydroxylation is 1. The van der Waals surface area contributed by atoms with E-state index in [2.05, 4.69) is 15.7 Å².